The number of hydrogen-bond donors (Lipinski definition) is 2. The Morgan fingerprint density at radius 2 is 1.72 bits per heavy atom. The molecule has 0 aliphatic carbocycles. The molecule has 0 amide bonds. The van der Waals surface area contributed by atoms with Gasteiger partial charge >= 0.3 is 6.18 Å². The zero-order valence-corrected chi connectivity index (χ0v) is 26.2. The molecule has 0 bridgehead atoms. The Morgan fingerprint density at radius 1 is 0.957 bits per heavy atom. The minimum atomic E-state index is -4.69. The van der Waals surface area contributed by atoms with E-state index in [2.05, 4.69) is 25.5 Å². The molecule has 1 aliphatic heterocycles. The molecule has 238 valence electrons. The van der Waals surface area contributed by atoms with E-state index in [0.29, 0.717) is 39.4 Å². The molecule has 0 atom stereocenters. The average molecular weight is 648 g/mol. The second-order valence-corrected chi connectivity index (χ2v) is 11.9. The van der Waals surface area contributed by atoms with Gasteiger partial charge in [0.2, 0.25) is 5.95 Å². The molecule has 0 spiro atoms. The van der Waals surface area contributed by atoms with Crippen LogP contribution in [0.3, 0.4) is 0 Å². The number of pyridine rings is 1. The van der Waals surface area contributed by atoms with Crippen LogP contribution in [0.1, 0.15) is 5.56 Å². The van der Waals surface area contributed by atoms with Crippen molar-refractivity contribution in [1.82, 2.24) is 24.8 Å². The van der Waals surface area contributed by atoms with E-state index < -0.39 is 17.3 Å². The van der Waals surface area contributed by atoms with E-state index in [4.69, 9.17) is 11.6 Å². The van der Waals surface area contributed by atoms with Gasteiger partial charge in [0, 0.05) is 62.1 Å². The van der Waals surface area contributed by atoms with Crippen LogP contribution in [0.2, 0.25) is 5.02 Å². The summed E-state index contributed by atoms with van der Waals surface area (Å²) in [6, 6.07) is 20.0. The number of benzene rings is 3. The normalized spacial score (nSPS) is 13.8. The lowest BCUT2D eigenvalue weighted by atomic mass is 9.94. The highest BCUT2D eigenvalue weighted by molar-refractivity contribution is 6.33. The summed E-state index contributed by atoms with van der Waals surface area (Å²) < 4.78 is 44.9. The summed E-state index contributed by atoms with van der Waals surface area (Å²) in [6.45, 7) is 4.15. The molecule has 2 N–H and O–H groups in total. The number of hydrogen-bond acceptors (Lipinski definition) is 7. The first kappa shape index (κ1) is 31.5. The van der Waals surface area contributed by atoms with Crippen molar-refractivity contribution in [3.8, 4) is 22.3 Å². The summed E-state index contributed by atoms with van der Waals surface area (Å²) in [5.41, 5.74) is 1.25. The lowest BCUT2D eigenvalue weighted by molar-refractivity contribution is -0.137. The number of halogens is 4. The van der Waals surface area contributed by atoms with Crippen molar-refractivity contribution in [1.29, 1.82) is 0 Å². The van der Waals surface area contributed by atoms with Crippen LogP contribution in [-0.4, -0.2) is 66.3 Å². The number of alkyl halides is 3. The van der Waals surface area contributed by atoms with Crippen molar-refractivity contribution in [2.24, 2.45) is 0 Å². The summed E-state index contributed by atoms with van der Waals surface area (Å²) in [5, 5.41) is 7.51. The van der Waals surface area contributed by atoms with E-state index in [0.717, 1.165) is 37.9 Å². The predicted octanol–water partition coefficient (Wildman–Crippen LogP) is 6.51. The van der Waals surface area contributed by atoms with Crippen LogP contribution in [-0.2, 0) is 12.7 Å². The van der Waals surface area contributed by atoms with Gasteiger partial charge in [-0.1, -0.05) is 54.1 Å². The first-order chi connectivity index (χ1) is 22.1. The molecule has 8 nitrogen and oxygen atoms in total. The molecule has 0 unspecified atom stereocenters. The van der Waals surface area contributed by atoms with Gasteiger partial charge in [-0.25, -0.2) is 4.98 Å². The Kier molecular flexibility index (Phi) is 8.99. The maximum absolute atomic E-state index is 14.5. The van der Waals surface area contributed by atoms with Crippen molar-refractivity contribution >= 4 is 40.0 Å². The molecule has 46 heavy (non-hydrogen) atoms. The molecule has 1 saturated heterocycles. The number of nitrogens with one attached hydrogen (secondary N) is 2. The van der Waals surface area contributed by atoms with Crippen LogP contribution < -0.4 is 21.1 Å². The second kappa shape index (κ2) is 13.1. The zero-order valence-electron chi connectivity index (χ0n) is 25.4. The lowest BCUT2D eigenvalue weighted by Gasteiger charge is -2.30. The van der Waals surface area contributed by atoms with Gasteiger partial charge in [-0.2, -0.15) is 18.2 Å². The Balaban J connectivity index is 1.41. The van der Waals surface area contributed by atoms with Crippen molar-refractivity contribution in [2.75, 3.05) is 57.0 Å². The molecule has 3 aromatic carbocycles. The highest BCUT2D eigenvalue weighted by Gasteiger charge is 2.35. The monoisotopic (exact) mass is 647 g/mol. The predicted molar refractivity (Wildman–Crippen MR) is 178 cm³/mol. The largest absolute Gasteiger partial charge is 0.417 e. The number of rotatable bonds is 8. The van der Waals surface area contributed by atoms with Crippen LogP contribution >= 0.6 is 11.6 Å². The van der Waals surface area contributed by atoms with Gasteiger partial charge in [0.15, 0.2) is 0 Å². The molecule has 1 fully saturated rings. The van der Waals surface area contributed by atoms with Crippen LogP contribution in [0.15, 0.2) is 83.8 Å². The van der Waals surface area contributed by atoms with Crippen molar-refractivity contribution in [3.63, 3.8) is 0 Å². The highest BCUT2D eigenvalue weighted by Crippen LogP contribution is 2.39. The van der Waals surface area contributed by atoms with Gasteiger partial charge in [-0.3, -0.25) is 9.36 Å². The molecule has 3 heterocycles. The third kappa shape index (κ3) is 6.72. The third-order valence-electron chi connectivity index (χ3n) is 7.98. The number of fused-ring (bicyclic) bond motifs is 1. The quantitative estimate of drug-likeness (QED) is 0.199. The van der Waals surface area contributed by atoms with Gasteiger partial charge in [0.1, 0.15) is 5.65 Å². The van der Waals surface area contributed by atoms with Crippen LogP contribution in [0.4, 0.5) is 30.5 Å². The SMILES string of the molecule is CN(C)CCn1c(=O)c(-c2ccc(-c3ccccc3)cc2C(F)(F)F)cc2cnc(Nc3ccc(N4CCNCC4)c(Cl)c3)nc21. The highest BCUT2D eigenvalue weighted by atomic mass is 35.5. The molecule has 5 aromatic rings. The molecule has 2 aromatic heterocycles. The van der Waals surface area contributed by atoms with Crippen LogP contribution in [0.25, 0.3) is 33.3 Å². The van der Waals surface area contributed by atoms with Gasteiger partial charge in [0.05, 0.1) is 16.3 Å². The maximum Gasteiger partial charge on any atom is 0.417 e. The summed E-state index contributed by atoms with van der Waals surface area (Å²) in [4.78, 5) is 27.2. The van der Waals surface area contributed by atoms with E-state index in [-0.39, 0.29) is 23.6 Å². The van der Waals surface area contributed by atoms with E-state index in [1.54, 1.807) is 42.5 Å². The fraction of sp³-hybridized carbons (Fsp3) is 0.265. The summed E-state index contributed by atoms with van der Waals surface area (Å²) in [5.74, 6) is 0.229. The number of likely N-dealkylation sites (N-methyl/N-ethyl adjacent to an activating group) is 1. The molecule has 6 rings (SSSR count). The van der Waals surface area contributed by atoms with Crippen molar-refractivity contribution in [2.45, 2.75) is 12.7 Å². The molecule has 1 aliphatic rings. The first-order valence-electron chi connectivity index (χ1n) is 14.9. The number of piperazine rings is 1. The van der Waals surface area contributed by atoms with Crippen LogP contribution in [0.5, 0.6) is 0 Å². The second-order valence-electron chi connectivity index (χ2n) is 11.4. The summed E-state index contributed by atoms with van der Waals surface area (Å²) in [7, 11) is 3.72. The standard InChI is InChI=1S/C34H33ClF3N7O/c1-43(2)16-17-45-31-24(21-40-33(42-31)41-25-9-11-30(29(35)20-25)44-14-12-39-13-15-44)18-27(32(45)46)26-10-8-23(19-28(26)34(36,37)38)22-6-4-3-5-7-22/h3-11,18-21,39H,12-17H2,1-2H3,(H,40,41,42). The average Bonchev–Trinajstić information content (AvgIpc) is 3.04. The van der Waals surface area contributed by atoms with Crippen LogP contribution in [0, 0.1) is 0 Å². The van der Waals surface area contributed by atoms with E-state index in [1.165, 1.54) is 22.9 Å². The topological polar surface area (TPSA) is 78.3 Å². The minimum Gasteiger partial charge on any atom is -0.368 e. The van der Waals surface area contributed by atoms with Gasteiger partial charge < -0.3 is 20.4 Å². The van der Waals surface area contributed by atoms with E-state index in [9.17, 15) is 18.0 Å². The Bertz CT molecular complexity index is 1920. The Labute approximate surface area is 269 Å². The first-order valence-corrected chi connectivity index (χ1v) is 15.3. The van der Waals surface area contributed by atoms with Crippen molar-refractivity contribution < 1.29 is 13.2 Å². The Morgan fingerprint density at radius 3 is 2.41 bits per heavy atom. The number of anilines is 3. The maximum atomic E-state index is 14.5. The van der Waals surface area contributed by atoms with E-state index in [1.807, 2.05) is 31.1 Å². The number of nitrogens with zero attached hydrogens (tertiary/aromatic N) is 5. The number of aromatic nitrogens is 3. The summed E-state index contributed by atoms with van der Waals surface area (Å²) >= 11 is 6.63. The van der Waals surface area contributed by atoms with Crippen molar-refractivity contribution in [3.05, 3.63) is 99.9 Å². The molecule has 12 heteroatoms. The van der Waals surface area contributed by atoms with Gasteiger partial charge in [0.25, 0.3) is 5.56 Å². The molecular weight excluding hydrogens is 615 g/mol. The minimum absolute atomic E-state index is 0.0715. The zero-order chi connectivity index (χ0) is 32.4. The molecule has 0 radical (unpaired) electrons. The Hall–Kier alpha value is -4.45. The molecule has 0 saturated carbocycles. The van der Waals surface area contributed by atoms with E-state index >= 15 is 0 Å². The van der Waals surface area contributed by atoms with Gasteiger partial charge in [-0.15, -0.1) is 0 Å². The molecular formula is C34H33ClF3N7O. The third-order valence-corrected chi connectivity index (χ3v) is 8.28. The lowest BCUT2D eigenvalue weighted by Crippen LogP contribution is -2.43. The fourth-order valence-electron chi connectivity index (χ4n) is 5.62. The smallest absolute Gasteiger partial charge is 0.368 e. The summed E-state index contributed by atoms with van der Waals surface area (Å²) in [6.07, 6.45) is -3.18. The fourth-order valence-corrected chi connectivity index (χ4v) is 5.92. The van der Waals surface area contributed by atoms with Gasteiger partial charge in [-0.05, 0) is 61.1 Å².